The third-order valence-corrected chi connectivity index (χ3v) is 3.49. The first-order valence-electron chi connectivity index (χ1n) is 6.10. The number of halogens is 1. The molecule has 0 aliphatic rings. The number of aromatic nitrogens is 2. The molecule has 2 rings (SSSR count). The Labute approximate surface area is 121 Å². The zero-order valence-corrected chi connectivity index (χ0v) is 12.8. The van der Waals surface area contributed by atoms with E-state index in [-0.39, 0.29) is 6.04 Å². The predicted octanol–water partition coefficient (Wildman–Crippen LogP) is 3.61. The largest absolute Gasteiger partial charge is 0.383 e. The standard InChI is InChI=1S/C14H17BrN4/c1-8-13(16)18-10(3)19-14(8)17-9(2)11-5-4-6-12(15)7-11/h4-7,9H,1-3H3,(H3,16,17,18,19). The number of rotatable bonds is 3. The van der Waals surface area contributed by atoms with Crippen LogP contribution in [0.25, 0.3) is 0 Å². The van der Waals surface area contributed by atoms with Crippen molar-refractivity contribution >= 4 is 27.6 Å². The second-order valence-corrected chi connectivity index (χ2v) is 5.47. The van der Waals surface area contributed by atoms with Gasteiger partial charge in [0.25, 0.3) is 0 Å². The number of anilines is 2. The van der Waals surface area contributed by atoms with Crippen molar-refractivity contribution in [1.82, 2.24) is 9.97 Å². The Bertz CT molecular complexity index is 598. The summed E-state index contributed by atoms with van der Waals surface area (Å²) in [5.74, 6) is 1.99. The van der Waals surface area contributed by atoms with Gasteiger partial charge in [-0.3, -0.25) is 0 Å². The minimum atomic E-state index is 0.143. The molecule has 0 aliphatic carbocycles. The predicted molar refractivity (Wildman–Crippen MR) is 82.1 cm³/mol. The molecule has 0 saturated heterocycles. The maximum atomic E-state index is 5.86. The van der Waals surface area contributed by atoms with Crippen molar-refractivity contribution in [3.05, 3.63) is 45.7 Å². The Balaban J connectivity index is 2.26. The van der Waals surface area contributed by atoms with Gasteiger partial charge in [-0.2, -0.15) is 0 Å². The summed E-state index contributed by atoms with van der Waals surface area (Å²) in [5.41, 5.74) is 7.93. The number of hydrogen-bond acceptors (Lipinski definition) is 4. The molecule has 0 spiro atoms. The van der Waals surface area contributed by atoms with Gasteiger partial charge in [0.2, 0.25) is 0 Å². The van der Waals surface area contributed by atoms with E-state index in [1.807, 2.05) is 26.0 Å². The van der Waals surface area contributed by atoms with Crippen LogP contribution in [-0.4, -0.2) is 9.97 Å². The lowest BCUT2D eigenvalue weighted by atomic mass is 10.1. The highest BCUT2D eigenvalue weighted by Crippen LogP contribution is 2.24. The quantitative estimate of drug-likeness (QED) is 0.906. The molecule has 1 aromatic carbocycles. The third kappa shape index (κ3) is 3.23. The van der Waals surface area contributed by atoms with Crippen molar-refractivity contribution in [2.45, 2.75) is 26.8 Å². The molecule has 0 aliphatic heterocycles. The van der Waals surface area contributed by atoms with E-state index in [9.17, 15) is 0 Å². The van der Waals surface area contributed by atoms with E-state index >= 15 is 0 Å². The summed E-state index contributed by atoms with van der Waals surface area (Å²) in [6.07, 6.45) is 0. The first-order chi connectivity index (χ1) is 8.97. The minimum Gasteiger partial charge on any atom is -0.383 e. The van der Waals surface area contributed by atoms with Crippen LogP contribution in [0, 0.1) is 13.8 Å². The van der Waals surface area contributed by atoms with Crippen LogP contribution in [0.15, 0.2) is 28.7 Å². The van der Waals surface area contributed by atoms with Crippen LogP contribution < -0.4 is 11.1 Å². The fourth-order valence-electron chi connectivity index (χ4n) is 1.86. The monoisotopic (exact) mass is 320 g/mol. The zero-order chi connectivity index (χ0) is 14.0. The number of nitrogen functional groups attached to an aromatic ring is 1. The molecule has 3 N–H and O–H groups in total. The second kappa shape index (κ2) is 5.57. The van der Waals surface area contributed by atoms with Gasteiger partial charge in [0, 0.05) is 16.1 Å². The van der Waals surface area contributed by atoms with E-state index < -0.39 is 0 Å². The highest BCUT2D eigenvalue weighted by Gasteiger charge is 2.11. The van der Waals surface area contributed by atoms with Gasteiger partial charge in [-0.05, 0) is 38.5 Å². The Morgan fingerprint density at radius 3 is 2.68 bits per heavy atom. The Hall–Kier alpha value is -1.62. The number of hydrogen-bond donors (Lipinski definition) is 2. The highest BCUT2D eigenvalue weighted by molar-refractivity contribution is 9.10. The van der Waals surface area contributed by atoms with Crippen molar-refractivity contribution in [3.8, 4) is 0 Å². The van der Waals surface area contributed by atoms with Crippen molar-refractivity contribution in [1.29, 1.82) is 0 Å². The minimum absolute atomic E-state index is 0.143. The van der Waals surface area contributed by atoms with Crippen molar-refractivity contribution in [3.63, 3.8) is 0 Å². The van der Waals surface area contributed by atoms with Crippen molar-refractivity contribution in [2.24, 2.45) is 0 Å². The van der Waals surface area contributed by atoms with E-state index in [4.69, 9.17) is 5.73 Å². The van der Waals surface area contributed by atoms with E-state index in [0.717, 1.165) is 15.9 Å². The summed E-state index contributed by atoms with van der Waals surface area (Å²) < 4.78 is 1.06. The van der Waals surface area contributed by atoms with E-state index in [0.29, 0.717) is 11.6 Å². The van der Waals surface area contributed by atoms with Gasteiger partial charge in [-0.1, -0.05) is 28.1 Å². The molecule has 0 fully saturated rings. The topological polar surface area (TPSA) is 63.8 Å². The first kappa shape index (κ1) is 13.8. The molecule has 4 nitrogen and oxygen atoms in total. The van der Waals surface area contributed by atoms with Crippen LogP contribution in [0.4, 0.5) is 11.6 Å². The fraction of sp³-hybridized carbons (Fsp3) is 0.286. The summed E-state index contributed by atoms with van der Waals surface area (Å²) in [4.78, 5) is 8.55. The molecule has 100 valence electrons. The van der Waals surface area contributed by atoms with Gasteiger partial charge in [-0.15, -0.1) is 0 Å². The van der Waals surface area contributed by atoms with Gasteiger partial charge in [0.15, 0.2) is 0 Å². The van der Waals surface area contributed by atoms with Crippen LogP contribution in [0.5, 0.6) is 0 Å². The van der Waals surface area contributed by atoms with Crippen molar-refractivity contribution in [2.75, 3.05) is 11.1 Å². The Morgan fingerprint density at radius 1 is 1.26 bits per heavy atom. The molecule has 0 amide bonds. The highest BCUT2D eigenvalue weighted by atomic mass is 79.9. The molecule has 1 atom stereocenters. The van der Waals surface area contributed by atoms with Crippen LogP contribution in [0.1, 0.15) is 29.9 Å². The summed E-state index contributed by atoms with van der Waals surface area (Å²) in [7, 11) is 0. The SMILES string of the molecule is Cc1nc(N)c(C)c(NC(C)c2cccc(Br)c2)n1. The van der Waals surface area contributed by atoms with Crippen LogP contribution >= 0.6 is 15.9 Å². The van der Waals surface area contributed by atoms with E-state index in [1.54, 1.807) is 0 Å². The van der Waals surface area contributed by atoms with Gasteiger partial charge in [0.05, 0.1) is 0 Å². The second-order valence-electron chi connectivity index (χ2n) is 4.55. The van der Waals surface area contributed by atoms with Gasteiger partial charge in [-0.25, -0.2) is 9.97 Å². The molecule has 0 radical (unpaired) electrons. The Kier molecular flexibility index (Phi) is 4.04. The third-order valence-electron chi connectivity index (χ3n) is 3.00. The molecule has 19 heavy (non-hydrogen) atoms. The fourth-order valence-corrected chi connectivity index (χ4v) is 2.27. The summed E-state index contributed by atoms with van der Waals surface area (Å²) >= 11 is 3.48. The normalized spacial score (nSPS) is 12.2. The van der Waals surface area contributed by atoms with Crippen LogP contribution in [-0.2, 0) is 0 Å². The molecule has 1 unspecified atom stereocenters. The smallest absolute Gasteiger partial charge is 0.135 e. The molecule has 5 heteroatoms. The average molecular weight is 321 g/mol. The molecule has 1 aromatic heterocycles. The lowest BCUT2D eigenvalue weighted by molar-refractivity contribution is 0.862. The molecular weight excluding hydrogens is 304 g/mol. The van der Waals surface area contributed by atoms with Crippen LogP contribution in [0.3, 0.4) is 0 Å². The number of aryl methyl sites for hydroxylation is 1. The number of nitrogens with zero attached hydrogens (tertiary/aromatic N) is 2. The van der Waals surface area contributed by atoms with Gasteiger partial charge >= 0.3 is 0 Å². The summed E-state index contributed by atoms with van der Waals surface area (Å²) in [5, 5.41) is 3.38. The van der Waals surface area contributed by atoms with Gasteiger partial charge < -0.3 is 11.1 Å². The first-order valence-corrected chi connectivity index (χ1v) is 6.89. The maximum absolute atomic E-state index is 5.86. The van der Waals surface area contributed by atoms with Crippen LogP contribution in [0.2, 0.25) is 0 Å². The lowest BCUT2D eigenvalue weighted by Gasteiger charge is -2.17. The lowest BCUT2D eigenvalue weighted by Crippen LogP contribution is -2.12. The van der Waals surface area contributed by atoms with Gasteiger partial charge in [0.1, 0.15) is 17.5 Å². The maximum Gasteiger partial charge on any atom is 0.135 e. The molecular formula is C14H17BrN4. The Morgan fingerprint density at radius 2 is 2.00 bits per heavy atom. The molecule has 1 heterocycles. The number of benzene rings is 1. The van der Waals surface area contributed by atoms with E-state index in [2.05, 4.69) is 50.3 Å². The number of nitrogens with two attached hydrogens (primary N) is 1. The van der Waals surface area contributed by atoms with Crippen molar-refractivity contribution < 1.29 is 0 Å². The molecule has 0 saturated carbocycles. The number of nitrogens with one attached hydrogen (secondary N) is 1. The average Bonchev–Trinajstić information content (AvgIpc) is 2.35. The summed E-state index contributed by atoms with van der Waals surface area (Å²) in [6, 6.07) is 8.34. The molecule has 0 bridgehead atoms. The zero-order valence-electron chi connectivity index (χ0n) is 11.2. The molecule has 2 aromatic rings. The van der Waals surface area contributed by atoms with E-state index in [1.165, 1.54) is 5.56 Å². The summed E-state index contributed by atoms with van der Waals surface area (Å²) in [6.45, 7) is 5.85.